The number of aromatic nitrogens is 3. The Labute approximate surface area is 139 Å². The fraction of sp³-hybridized carbons (Fsp3) is 0.500. The van der Waals surface area contributed by atoms with E-state index in [0.717, 1.165) is 27.9 Å². The number of nitrogens with zero attached hydrogens (tertiary/aromatic N) is 3. The van der Waals surface area contributed by atoms with Crippen molar-refractivity contribution >= 4 is 31.8 Å². The van der Waals surface area contributed by atoms with Gasteiger partial charge in [0.25, 0.3) is 0 Å². The van der Waals surface area contributed by atoms with Crippen LogP contribution in [0, 0.1) is 0 Å². The fourth-order valence-electron chi connectivity index (χ4n) is 3.59. The predicted molar refractivity (Wildman–Crippen MR) is 94.6 cm³/mol. The van der Waals surface area contributed by atoms with E-state index >= 15 is 0 Å². The Hall–Kier alpha value is -1.75. The fourth-order valence-corrected chi connectivity index (χ4v) is 4.69. The Morgan fingerprint density at radius 2 is 1.96 bits per heavy atom. The minimum absolute atomic E-state index is 0.453. The Morgan fingerprint density at radius 3 is 2.70 bits per heavy atom. The van der Waals surface area contributed by atoms with Crippen LogP contribution in [0.2, 0.25) is 0 Å². The van der Waals surface area contributed by atoms with E-state index in [1.807, 2.05) is 6.92 Å². The molecule has 3 heterocycles. The number of aryl methyl sites for hydroxylation is 1. The third kappa shape index (κ3) is 2.29. The number of rotatable bonds is 3. The van der Waals surface area contributed by atoms with E-state index in [9.17, 15) is 0 Å². The molecule has 3 aromatic heterocycles. The molecule has 23 heavy (non-hydrogen) atoms. The molecule has 0 fully saturated rings. The Balaban J connectivity index is 2.09. The zero-order valence-electron chi connectivity index (χ0n) is 13.8. The molecule has 0 unspecified atom stereocenters. The quantitative estimate of drug-likeness (QED) is 0.703. The summed E-state index contributed by atoms with van der Waals surface area (Å²) in [7, 11) is 0. The molecule has 4 rings (SSSR count). The molecule has 0 bridgehead atoms. The summed E-state index contributed by atoms with van der Waals surface area (Å²) in [6.45, 7) is 7.07. The smallest absolute Gasteiger partial charge is 0.234 e. The van der Waals surface area contributed by atoms with Crippen molar-refractivity contribution in [2.45, 2.75) is 52.4 Å². The summed E-state index contributed by atoms with van der Waals surface area (Å²) in [6.07, 6.45) is 6.41. The van der Waals surface area contributed by atoms with Crippen molar-refractivity contribution in [2.75, 3.05) is 6.61 Å². The third-order valence-corrected chi connectivity index (χ3v) is 5.61. The summed E-state index contributed by atoms with van der Waals surface area (Å²) in [4.78, 5) is 15.0. The van der Waals surface area contributed by atoms with Crippen LogP contribution in [0.4, 0.5) is 0 Å². The molecule has 0 amide bonds. The van der Waals surface area contributed by atoms with E-state index in [-0.39, 0.29) is 0 Å². The highest BCUT2D eigenvalue weighted by atomic mass is 32.1. The second kappa shape index (κ2) is 5.71. The first-order chi connectivity index (χ1) is 11.2. The zero-order chi connectivity index (χ0) is 16.0. The number of thiophene rings is 1. The maximum Gasteiger partial charge on any atom is 0.234 e. The molecule has 0 N–H and O–H groups in total. The topological polar surface area (TPSA) is 47.9 Å². The third-order valence-electron chi connectivity index (χ3n) is 4.55. The zero-order valence-corrected chi connectivity index (χ0v) is 14.7. The molecule has 0 saturated heterocycles. The molecule has 1 aliphatic rings. The Kier molecular flexibility index (Phi) is 3.68. The molecular formula is C18H21N3OS. The van der Waals surface area contributed by atoms with Crippen LogP contribution in [0.1, 0.15) is 56.4 Å². The number of pyridine rings is 1. The molecule has 0 aliphatic heterocycles. The first-order valence-electron chi connectivity index (χ1n) is 8.42. The minimum atomic E-state index is 0.453. The van der Waals surface area contributed by atoms with Gasteiger partial charge in [0.15, 0.2) is 0 Å². The lowest BCUT2D eigenvalue weighted by Crippen LogP contribution is -2.10. The maximum atomic E-state index is 5.70. The van der Waals surface area contributed by atoms with Gasteiger partial charge < -0.3 is 4.74 Å². The van der Waals surface area contributed by atoms with Crippen molar-refractivity contribution in [2.24, 2.45) is 0 Å². The van der Waals surface area contributed by atoms with E-state index in [1.54, 1.807) is 17.7 Å². The largest absolute Gasteiger partial charge is 0.477 e. The first kappa shape index (κ1) is 14.8. The van der Waals surface area contributed by atoms with Gasteiger partial charge in [-0.15, -0.1) is 11.3 Å². The molecule has 0 saturated carbocycles. The number of hydrogen-bond donors (Lipinski definition) is 0. The highest BCUT2D eigenvalue weighted by molar-refractivity contribution is 7.25. The van der Waals surface area contributed by atoms with Crippen LogP contribution < -0.4 is 4.74 Å². The van der Waals surface area contributed by atoms with Crippen LogP contribution in [0.25, 0.3) is 20.4 Å². The lowest BCUT2D eigenvalue weighted by molar-refractivity contribution is 0.331. The number of hydrogen-bond acceptors (Lipinski definition) is 5. The summed E-state index contributed by atoms with van der Waals surface area (Å²) >= 11 is 1.67. The van der Waals surface area contributed by atoms with Crippen LogP contribution in [0.5, 0.6) is 5.88 Å². The molecule has 0 radical (unpaired) electrons. The normalized spacial score (nSPS) is 14.6. The summed E-state index contributed by atoms with van der Waals surface area (Å²) in [5, 5.41) is 1.24. The highest BCUT2D eigenvalue weighted by Gasteiger charge is 2.24. The number of ether oxygens (including phenoxy) is 1. The monoisotopic (exact) mass is 327 g/mol. The van der Waals surface area contributed by atoms with Gasteiger partial charge in [0.1, 0.15) is 15.9 Å². The standard InChI is InChI=1S/C18H21N3OS/c1-4-22-17-16-15(19-9-20-17)13-11-7-5-6-8-12(11)14(10(2)3)21-18(13)23-16/h9-10H,4-8H2,1-3H3. The second-order valence-electron chi connectivity index (χ2n) is 6.39. The van der Waals surface area contributed by atoms with Gasteiger partial charge in [-0.2, -0.15) is 0 Å². The average Bonchev–Trinajstić information content (AvgIpc) is 2.94. The van der Waals surface area contributed by atoms with Crippen molar-refractivity contribution < 1.29 is 4.74 Å². The lowest BCUT2D eigenvalue weighted by Gasteiger charge is -2.21. The van der Waals surface area contributed by atoms with Crippen molar-refractivity contribution in [1.82, 2.24) is 15.0 Å². The van der Waals surface area contributed by atoms with Crippen molar-refractivity contribution in [3.05, 3.63) is 23.1 Å². The van der Waals surface area contributed by atoms with Gasteiger partial charge in [-0.1, -0.05) is 13.8 Å². The Morgan fingerprint density at radius 1 is 1.17 bits per heavy atom. The summed E-state index contributed by atoms with van der Waals surface area (Å²) in [5.41, 5.74) is 5.22. The van der Waals surface area contributed by atoms with Crippen LogP contribution in [-0.4, -0.2) is 21.6 Å². The highest BCUT2D eigenvalue weighted by Crippen LogP contribution is 2.42. The summed E-state index contributed by atoms with van der Waals surface area (Å²) in [5.74, 6) is 1.14. The van der Waals surface area contributed by atoms with Crippen LogP contribution >= 0.6 is 11.3 Å². The van der Waals surface area contributed by atoms with E-state index in [0.29, 0.717) is 18.4 Å². The van der Waals surface area contributed by atoms with E-state index in [2.05, 4.69) is 23.8 Å². The van der Waals surface area contributed by atoms with E-state index < -0.39 is 0 Å². The van der Waals surface area contributed by atoms with Gasteiger partial charge in [-0.25, -0.2) is 15.0 Å². The molecule has 1 aliphatic carbocycles. The molecule has 0 atom stereocenters. The molecule has 3 aromatic rings. The van der Waals surface area contributed by atoms with Crippen LogP contribution in [0.3, 0.4) is 0 Å². The maximum absolute atomic E-state index is 5.70. The van der Waals surface area contributed by atoms with Gasteiger partial charge in [-0.05, 0) is 49.7 Å². The molecule has 0 spiro atoms. The SMILES string of the molecule is CCOc1ncnc2c1sc1nc(C(C)C)c3c(c12)CCCC3. The molecule has 120 valence electrons. The van der Waals surface area contributed by atoms with Crippen molar-refractivity contribution in [1.29, 1.82) is 0 Å². The van der Waals surface area contributed by atoms with Crippen LogP contribution in [0.15, 0.2) is 6.33 Å². The average molecular weight is 327 g/mol. The summed E-state index contributed by atoms with van der Waals surface area (Å²) in [6, 6.07) is 0. The lowest BCUT2D eigenvalue weighted by atomic mass is 9.86. The first-order valence-corrected chi connectivity index (χ1v) is 9.24. The van der Waals surface area contributed by atoms with Crippen molar-refractivity contribution in [3.63, 3.8) is 0 Å². The predicted octanol–water partition coefficient (Wildman–Crippen LogP) is 4.64. The van der Waals surface area contributed by atoms with Gasteiger partial charge in [-0.3, -0.25) is 0 Å². The minimum Gasteiger partial charge on any atom is -0.477 e. The van der Waals surface area contributed by atoms with Gasteiger partial charge >= 0.3 is 0 Å². The summed E-state index contributed by atoms with van der Waals surface area (Å²) < 4.78 is 6.73. The molecular weight excluding hydrogens is 306 g/mol. The van der Waals surface area contributed by atoms with Crippen LogP contribution in [-0.2, 0) is 12.8 Å². The van der Waals surface area contributed by atoms with E-state index in [1.165, 1.54) is 35.0 Å². The molecule has 0 aromatic carbocycles. The number of fused-ring (bicyclic) bond motifs is 5. The van der Waals surface area contributed by atoms with Gasteiger partial charge in [0.2, 0.25) is 5.88 Å². The second-order valence-corrected chi connectivity index (χ2v) is 7.39. The van der Waals surface area contributed by atoms with Gasteiger partial charge in [0.05, 0.1) is 12.1 Å². The van der Waals surface area contributed by atoms with Gasteiger partial charge in [0, 0.05) is 11.1 Å². The molecule has 4 nitrogen and oxygen atoms in total. The van der Waals surface area contributed by atoms with E-state index in [4.69, 9.17) is 9.72 Å². The Bertz CT molecular complexity index is 885. The van der Waals surface area contributed by atoms with Crippen molar-refractivity contribution in [3.8, 4) is 5.88 Å². The molecule has 5 heteroatoms.